The number of methoxy groups -OCH3 is 1. The Labute approximate surface area is 227 Å². The summed E-state index contributed by atoms with van der Waals surface area (Å²) in [5, 5.41) is 11.2. The molecule has 0 saturated heterocycles. The number of hydrogen-bond acceptors (Lipinski definition) is 6. The van der Waals surface area contributed by atoms with Crippen molar-refractivity contribution in [2.45, 2.75) is 58.1 Å². The number of amides is 2. The molecule has 1 aliphatic carbocycles. The molecule has 38 heavy (non-hydrogen) atoms. The molecule has 7 nitrogen and oxygen atoms in total. The van der Waals surface area contributed by atoms with Crippen molar-refractivity contribution in [1.82, 2.24) is 5.01 Å². The van der Waals surface area contributed by atoms with Crippen molar-refractivity contribution in [2.75, 3.05) is 12.4 Å². The van der Waals surface area contributed by atoms with Gasteiger partial charge in [0, 0.05) is 23.6 Å². The van der Waals surface area contributed by atoms with E-state index in [9.17, 15) is 9.59 Å². The molecule has 0 radical (unpaired) electrons. The lowest BCUT2D eigenvalue weighted by Crippen LogP contribution is -2.36. The molecule has 1 saturated carbocycles. The van der Waals surface area contributed by atoms with E-state index >= 15 is 0 Å². The maximum absolute atomic E-state index is 13.1. The van der Waals surface area contributed by atoms with Gasteiger partial charge in [-0.1, -0.05) is 25.1 Å². The van der Waals surface area contributed by atoms with Crippen LogP contribution in [-0.2, 0) is 11.3 Å². The third-order valence-electron chi connectivity index (χ3n) is 7.13. The number of thiophene rings is 1. The Morgan fingerprint density at radius 3 is 2.68 bits per heavy atom. The molecule has 3 aromatic rings. The van der Waals surface area contributed by atoms with E-state index in [-0.39, 0.29) is 23.8 Å². The molecule has 8 heteroatoms. The largest absolute Gasteiger partial charge is 0.493 e. The molecular weight excluding hydrogens is 498 g/mol. The predicted octanol–water partition coefficient (Wildman–Crippen LogP) is 6.49. The highest BCUT2D eigenvalue weighted by Gasteiger charge is 2.30. The van der Waals surface area contributed by atoms with Crippen molar-refractivity contribution in [2.24, 2.45) is 11.0 Å². The van der Waals surface area contributed by atoms with Crippen LogP contribution in [0.3, 0.4) is 0 Å². The number of benzene rings is 2. The lowest BCUT2D eigenvalue weighted by Gasteiger charge is -2.29. The topological polar surface area (TPSA) is 80.2 Å². The van der Waals surface area contributed by atoms with Crippen molar-refractivity contribution >= 4 is 34.6 Å². The Balaban J connectivity index is 1.38. The number of nitrogens with zero attached hydrogens (tertiary/aromatic N) is 2. The SMILES string of the molecule is CCC1CC(=O)N(Cc2cccc(NC(=O)c3cccs3)c2)N=C1c1ccc(OC)c(OC2CCCC2)c1. The van der Waals surface area contributed by atoms with E-state index < -0.39 is 0 Å². The zero-order chi connectivity index (χ0) is 26.5. The zero-order valence-corrected chi connectivity index (χ0v) is 22.6. The van der Waals surface area contributed by atoms with Crippen LogP contribution < -0.4 is 14.8 Å². The maximum Gasteiger partial charge on any atom is 0.265 e. The van der Waals surface area contributed by atoms with Crippen molar-refractivity contribution in [3.63, 3.8) is 0 Å². The van der Waals surface area contributed by atoms with Crippen LogP contribution in [-0.4, -0.2) is 35.7 Å². The zero-order valence-electron chi connectivity index (χ0n) is 21.8. The fourth-order valence-electron chi connectivity index (χ4n) is 5.07. The second kappa shape index (κ2) is 11.8. The summed E-state index contributed by atoms with van der Waals surface area (Å²) >= 11 is 1.40. The molecule has 0 bridgehead atoms. The van der Waals surface area contributed by atoms with E-state index in [4.69, 9.17) is 14.6 Å². The Kier molecular flexibility index (Phi) is 8.08. The molecular formula is C30H33N3O4S. The van der Waals surface area contributed by atoms with E-state index in [2.05, 4.69) is 12.2 Å². The minimum absolute atomic E-state index is 0.00966. The van der Waals surface area contributed by atoms with Crippen molar-refractivity contribution < 1.29 is 19.1 Å². The Morgan fingerprint density at radius 1 is 1.11 bits per heavy atom. The molecule has 1 fully saturated rings. The molecule has 1 unspecified atom stereocenters. The van der Waals surface area contributed by atoms with Gasteiger partial charge in [0.2, 0.25) is 5.91 Å². The quantitative estimate of drug-likeness (QED) is 0.342. The first-order chi connectivity index (χ1) is 18.5. The molecule has 1 N–H and O–H groups in total. The number of ether oxygens (including phenoxy) is 2. The first-order valence-corrected chi connectivity index (χ1v) is 14.1. The lowest BCUT2D eigenvalue weighted by molar-refractivity contribution is -0.133. The Bertz CT molecular complexity index is 1310. The summed E-state index contributed by atoms with van der Waals surface area (Å²) in [5.74, 6) is 1.31. The van der Waals surface area contributed by atoms with Gasteiger partial charge in [0.05, 0.1) is 30.3 Å². The average molecular weight is 532 g/mol. The van der Waals surface area contributed by atoms with Crippen LogP contribution >= 0.6 is 11.3 Å². The maximum atomic E-state index is 13.1. The predicted molar refractivity (Wildman–Crippen MR) is 150 cm³/mol. The highest BCUT2D eigenvalue weighted by molar-refractivity contribution is 7.12. The van der Waals surface area contributed by atoms with Gasteiger partial charge in [-0.25, -0.2) is 5.01 Å². The third-order valence-corrected chi connectivity index (χ3v) is 8.00. The molecule has 1 aliphatic heterocycles. The van der Waals surface area contributed by atoms with E-state index in [1.54, 1.807) is 18.2 Å². The van der Waals surface area contributed by atoms with E-state index in [0.29, 0.717) is 29.3 Å². The molecule has 5 rings (SSSR count). The fraction of sp³-hybridized carbons (Fsp3) is 0.367. The second-order valence-corrected chi connectivity index (χ2v) is 10.7. The van der Waals surface area contributed by atoms with Gasteiger partial charge in [0.15, 0.2) is 11.5 Å². The number of rotatable bonds is 9. The van der Waals surface area contributed by atoms with Gasteiger partial charge in [-0.2, -0.15) is 5.10 Å². The first kappa shape index (κ1) is 26.0. The fourth-order valence-corrected chi connectivity index (χ4v) is 5.69. The molecule has 198 valence electrons. The summed E-state index contributed by atoms with van der Waals surface area (Å²) in [4.78, 5) is 26.2. The summed E-state index contributed by atoms with van der Waals surface area (Å²) in [6.07, 6.45) is 5.91. The van der Waals surface area contributed by atoms with Crippen molar-refractivity contribution in [1.29, 1.82) is 0 Å². The molecule has 1 aromatic heterocycles. The smallest absolute Gasteiger partial charge is 0.265 e. The lowest BCUT2D eigenvalue weighted by atomic mass is 9.89. The third kappa shape index (κ3) is 5.91. The number of carbonyl (C=O) groups excluding carboxylic acids is 2. The minimum atomic E-state index is -0.146. The summed E-state index contributed by atoms with van der Waals surface area (Å²) in [6, 6.07) is 17.1. The first-order valence-electron chi connectivity index (χ1n) is 13.2. The number of hydrazone groups is 1. The van der Waals surface area contributed by atoms with Gasteiger partial charge >= 0.3 is 0 Å². The average Bonchev–Trinajstić information content (AvgIpc) is 3.65. The van der Waals surface area contributed by atoms with Crippen LogP contribution in [0.5, 0.6) is 11.5 Å². The molecule has 1 atom stereocenters. The van der Waals surface area contributed by atoms with Gasteiger partial charge in [-0.05, 0) is 79.4 Å². The van der Waals surface area contributed by atoms with Crippen LogP contribution in [0.4, 0.5) is 5.69 Å². The van der Waals surface area contributed by atoms with E-state index in [1.807, 2.05) is 53.9 Å². The molecule has 2 heterocycles. The summed E-state index contributed by atoms with van der Waals surface area (Å²) < 4.78 is 11.9. The van der Waals surface area contributed by atoms with E-state index in [1.165, 1.54) is 24.2 Å². The molecule has 2 aromatic carbocycles. The van der Waals surface area contributed by atoms with Gasteiger partial charge in [0.25, 0.3) is 5.91 Å². The standard InChI is InChI=1S/C30H33N3O4S/c1-3-21-18-28(34)33(19-20-8-6-9-23(16-20)31-30(35)27-12-7-15-38-27)32-29(21)22-13-14-25(36-2)26(17-22)37-24-10-4-5-11-24/h6-9,12-17,21,24H,3-5,10-11,18-19H2,1-2H3,(H,31,35). The number of carbonyl (C=O) groups is 2. The highest BCUT2D eigenvalue weighted by atomic mass is 32.1. The minimum Gasteiger partial charge on any atom is -0.493 e. The van der Waals surface area contributed by atoms with Crippen molar-refractivity contribution in [3.05, 3.63) is 76.0 Å². The van der Waals surface area contributed by atoms with Gasteiger partial charge < -0.3 is 14.8 Å². The highest BCUT2D eigenvalue weighted by Crippen LogP contribution is 2.35. The van der Waals surface area contributed by atoms with Crippen LogP contribution in [0, 0.1) is 5.92 Å². The molecule has 2 aliphatic rings. The van der Waals surface area contributed by atoms with Crippen LogP contribution in [0.15, 0.2) is 65.1 Å². The Morgan fingerprint density at radius 2 is 1.95 bits per heavy atom. The number of nitrogens with one attached hydrogen (secondary N) is 1. The van der Waals surface area contributed by atoms with Crippen LogP contribution in [0.1, 0.15) is 66.2 Å². The molecule has 0 spiro atoms. The van der Waals surface area contributed by atoms with Gasteiger partial charge in [-0.15, -0.1) is 11.3 Å². The summed E-state index contributed by atoms with van der Waals surface area (Å²) in [6.45, 7) is 2.41. The number of hydrogen-bond donors (Lipinski definition) is 1. The molecule has 2 amide bonds. The van der Waals surface area contributed by atoms with Gasteiger partial charge in [0.1, 0.15) is 0 Å². The van der Waals surface area contributed by atoms with E-state index in [0.717, 1.165) is 41.9 Å². The van der Waals surface area contributed by atoms with Crippen LogP contribution in [0.2, 0.25) is 0 Å². The summed E-state index contributed by atoms with van der Waals surface area (Å²) in [5.41, 5.74) is 3.40. The second-order valence-electron chi connectivity index (χ2n) is 9.77. The normalized spacial score (nSPS) is 17.8. The number of anilines is 1. The van der Waals surface area contributed by atoms with Crippen LogP contribution in [0.25, 0.3) is 0 Å². The monoisotopic (exact) mass is 531 g/mol. The Hall–Kier alpha value is -3.65. The van der Waals surface area contributed by atoms with Crippen molar-refractivity contribution in [3.8, 4) is 11.5 Å². The summed E-state index contributed by atoms with van der Waals surface area (Å²) in [7, 11) is 1.65. The van der Waals surface area contributed by atoms with Gasteiger partial charge in [-0.3, -0.25) is 9.59 Å².